The number of nitrogens with zero attached hydrogens (tertiary/aromatic N) is 1. The van der Waals surface area contributed by atoms with Crippen LogP contribution in [0.2, 0.25) is 0 Å². The maximum atomic E-state index is 6.25. The van der Waals surface area contributed by atoms with Gasteiger partial charge in [0.1, 0.15) is 0 Å². The summed E-state index contributed by atoms with van der Waals surface area (Å²) in [4.78, 5) is 2.64. The summed E-state index contributed by atoms with van der Waals surface area (Å²) in [5.74, 6) is 0.867. The zero-order chi connectivity index (χ0) is 13.3. The first kappa shape index (κ1) is 13.0. The van der Waals surface area contributed by atoms with Crippen LogP contribution in [0.3, 0.4) is 0 Å². The minimum absolute atomic E-state index is 0.220. The van der Waals surface area contributed by atoms with E-state index in [1.165, 1.54) is 49.8 Å². The van der Waals surface area contributed by atoms with Gasteiger partial charge in [0.2, 0.25) is 0 Å². The molecule has 1 aliphatic heterocycles. The average Bonchev–Trinajstić information content (AvgIpc) is 2.78. The molecule has 2 N–H and O–H groups in total. The van der Waals surface area contributed by atoms with Crippen molar-refractivity contribution in [3.05, 3.63) is 29.8 Å². The van der Waals surface area contributed by atoms with Crippen LogP contribution in [0.25, 0.3) is 0 Å². The number of anilines is 1. The van der Waals surface area contributed by atoms with Crippen molar-refractivity contribution in [3.63, 3.8) is 0 Å². The highest BCUT2D eigenvalue weighted by molar-refractivity contribution is 5.60. The van der Waals surface area contributed by atoms with Gasteiger partial charge in [0.05, 0.1) is 5.54 Å². The second kappa shape index (κ2) is 5.16. The lowest BCUT2D eigenvalue weighted by Crippen LogP contribution is -2.53. The van der Waals surface area contributed by atoms with Gasteiger partial charge in [-0.2, -0.15) is 0 Å². The monoisotopic (exact) mass is 258 g/mol. The Balaban J connectivity index is 1.90. The van der Waals surface area contributed by atoms with Crippen LogP contribution in [0.5, 0.6) is 0 Å². The molecule has 1 aromatic carbocycles. The van der Waals surface area contributed by atoms with Crippen LogP contribution in [-0.4, -0.2) is 18.6 Å². The topological polar surface area (TPSA) is 29.3 Å². The van der Waals surface area contributed by atoms with E-state index in [0.29, 0.717) is 0 Å². The molecule has 1 heterocycles. The number of hydrogen-bond acceptors (Lipinski definition) is 2. The van der Waals surface area contributed by atoms with Crippen LogP contribution >= 0.6 is 0 Å². The first-order chi connectivity index (χ1) is 9.25. The summed E-state index contributed by atoms with van der Waals surface area (Å²) in [6.45, 7) is 4.35. The standard InChI is InChI=1S/C17H26N2/c1-14-5-4-10-17(13-18,11-8-14)19-12-9-15-6-2-3-7-16(15)19/h2-3,6-7,14H,4-5,8-13,18H2,1H3. The SMILES string of the molecule is CC1CCCC(CN)(N2CCc3ccccc32)CC1. The molecule has 2 atom stereocenters. The van der Waals surface area contributed by atoms with Crippen LogP contribution in [0, 0.1) is 5.92 Å². The Bertz CT molecular complexity index is 443. The quantitative estimate of drug-likeness (QED) is 0.824. The lowest BCUT2D eigenvalue weighted by atomic mass is 9.87. The molecule has 0 spiro atoms. The number of benzene rings is 1. The summed E-state index contributed by atoms with van der Waals surface area (Å²) in [6, 6.07) is 8.89. The third kappa shape index (κ3) is 2.27. The van der Waals surface area contributed by atoms with E-state index in [-0.39, 0.29) is 5.54 Å². The lowest BCUT2D eigenvalue weighted by molar-refractivity contribution is 0.348. The summed E-state index contributed by atoms with van der Waals surface area (Å²) in [6.07, 6.45) is 7.75. The van der Waals surface area contributed by atoms with Gasteiger partial charge in [0, 0.05) is 18.8 Å². The van der Waals surface area contributed by atoms with E-state index in [9.17, 15) is 0 Å². The largest absolute Gasteiger partial charge is 0.364 e. The predicted octanol–water partition coefficient (Wildman–Crippen LogP) is 3.35. The van der Waals surface area contributed by atoms with Gasteiger partial charge >= 0.3 is 0 Å². The molecule has 1 aliphatic carbocycles. The molecule has 0 amide bonds. The van der Waals surface area contributed by atoms with Crippen molar-refractivity contribution in [2.45, 2.75) is 51.0 Å². The Kier molecular flexibility index (Phi) is 3.53. The van der Waals surface area contributed by atoms with E-state index >= 15 is 0 Å². The zero-order valence-electron chi connectivity index (χ0n) is 12.1. The molecular formula is C17H26N2. The maximum Gasteiger partial charge on any atom is 0.0524 e. The molecule has 0 bridgehead atoms. The van der Waals surface area contributed by atoms with Gasteiger partial charge in [0.15, 0.2) is 0 Å². The minimum atomic E-state index is 0.220. The van der Waals surface area contributed by atoms with Crippen molar-refractivity contribution in [1.82, 2.24) is 0 Å². The molecule has 104 valence electrons. The highest BCUT2D eigenvalue weighted by Crippen LogP contribution is 2.40. The fraction of sp³-hybridized carbons (Fsp3) is 0.647. The molecule has 0 aromatic heterocycles. The first-order valence-electron chi connectivity index (χ1n) is 7.81. The van der Waals surface area contributed by atoms with Crippen molar-refractivity contribution in [2.75, 3.05) is 18.0 Å². The summed E-state index contributed by atoms with van der Waals surface area (Å²) >= 11 is 0. The van der Waals surface area contributed by atoms with Gasteiger partial charge in [-0.3, -0.25) is 0 Å². The van der Waals surface area contributed by atoms with Crippen molar-refractivity contribution in [3.8, 4) is 0 Å². The van der Waals surface area contributed by atoms with E-state index in [4.69, 9.17) is 5.73 Å². The normalized spacial score (nSPS) is 31.1. The van der Waals surface area contributed by atoms with Gasteiger partial charge in [-0.1, -0.05) is 38.0 Å². The molecule has 2 unspecified atom stereocenters. The molecule has 2 heteroatoms. The summed E-state index contributed by atoms with van der Waals surface area (Å²) < 4.78 is 0. The summed E-state index contributed by atoms with van der Waals surface area (Å²) in [7, 11) is 0. The Morgan fingerprint density at radius 1 is 1.26 bits per heavy atom. The molecular weight excluding hydrogens is 232 g/mol. The molecule has 1 saturated carbocycles. The molecule has 0 radical (unpaired) electrons. The molecule has 2 nitrogen and oxygen atoms in total. The van der Waals surface area contributed by atoms with Crippen LogP contribution in [0.15, 0.2) is 24.3 Å². The molecule has 3 rings (SSSR count). The first-order valence-corrected chi connectivity index (χ1v) is 7.81. The highest BCUT2D eigenvalue weighted by Gasteiger charge is 2.39. The van der Waals surface area contributed by atoms with Crippen molar-refractivity contribution in [2.24, 2.45) is 11.7 Å². The Hall–Kier alpha value is -1.02. The Morgan fingerprint density at radius 3 is 2.95 bits per heavy atom. The fourth-order valence-electron chi connectivity index (χ4n) is 3.98. The van der Waals surface area contributed by atoms with Crippen molar-refractivity contribution in [1.29, 1.82) is 0 Å². The number of para-hydroxylation sites is 1. The van der Waals surface area contributed by atoms with Gasteiger partial charge in [-0.05, 0) is 43.2 Å². The molecule has 1 fully saturated rings. The van der Waals surface area contributed by atoms with Crippen molar-refractivity contribution < 1.29 is 0 Å². The van der Waals surface area contributed by atoms with Crippen LogP contribution in [0.4, 0.5) is 5.69 Å². The van der Waals surface area contributed by atoms with Crippen LogP contribution in [-0.2, 0) is 6.42 Å². The van der Waals surface area contributed by atoms with E-state index in [1.54, 1.807) is 0 Å². The highest BCUT2D eigenvalue weighted by atomic mass is 15.2. The van der Waals surface area contributed by atoms with Gasteiger partial charge < -0.3 is 10.6 Å². The van der Waals surface area contributed by atoms with Crippen molar-refractivity contribution >= 4 is 5.69 Å². The zero-order valence-corrected chi connectivity index (χ0v) is 12.1. The number of hydrogen-bond donors (Lipinski definition) is 1. The molecule has 1 aromatic rings. The summed E-state index contributed by atoms with van der Waals surface area (Å²) in [5, 5.41) is 0. The molecule has 0 saturated heterocycles. The fourth-order valence-corrected chi connectivity index (χ4v) is 3.98. The van der Waals surface area contributed by atoms with Crippen LogP contribution < -0.4 is 10.6 Å². The van der Waals surface area contributed by atoms with E-state index in [1.807, 2.05) is 0 Å². The second-order valence-corrected chi connectivity index (χ2v) is 6.49. The maximum absolute atomic E-state index is 6.25. The summed E-state index contributed by atoms with van der Waals surface area (Å²) in [5.41, 5.74) is 9.42. The van der Waals surface area contributed by atoms with Gasteiger partial charge in [-0.25, -0.2) is 0 Å². The minimum Gasteiger partial charge on any atom is -0.364 e. The van der Waals surface area contributed by atoms with E-state index < -0.39 is 0 Å². The Labute approximate surface area is 117 Å². The lowest BCUT2D eigenvalue weighted by Gasteiger charge is -2.43. The second-order valence-electron chi connectivity index (χ2n) is 6.49. The molecule has 2 aliphatic rings. The predicted molar refractivity (Wildman–Crippen MR) is 81.5 cm³/mol. The van der Waals surface area contributed by atoms with E-state index in [0.717, 1.165) is 19.0 Å². The Morgan fingerprint density at radius 2 is 2.11 bits per heavy atom. The van der Waals surface area contributed by atoms with Gasteiger partial charge in [-0.15, -0.1) is 0 Å². The number of rotatable bonds is 2. The van der Waals surface area contributed by atoms with E-state index in [2.05, 4.69) is 36.1 Å². The number of nitrogens with two attached hydrogens (primary N) is 1. The average molecular weight is 258 g/mol. The number of fused-ring (bicyclic) bond motifs is 1. The third-order valence-electron chi connectivity index (χ3n) is 5.28. The smallest absolute Gasteiger partial charge is 0.0524 e. The van der Waals surface area contributed by atoms with Crippen LogP contribution in [0.1, 0.15) is 44.6 Å². The third-order valence-corrected chi connectivity index (χ3v) is 5.28. The molecule has 19 heavy (non-hydrogen) atoms. The van der Waals surface area contributed by atoms with Gasteiger partial charge in [0.25, 0.3) is 0 Å².